The number of rotatable bonds is 6. The van der Waals surface area contributed by atoms with E-state index >= 15 is 0 Å². The molecule has 0 aliphatic carbocycles. The van der Waals surface area contributed by atoms with E-state index in [0.717, 1.165) is 11.1 Å². The zero-order valence-corrected chi connectivity index (χ0v) is 16.3. The van der Waals surface area contributed by atoms with Gasteiger partial charge in [0.25, 0.3) is 0 Å². The van der Waals surface area contributed by atoms with Crippen LogP contribution in [0.3, 0.4) is 0 Å². The Morgan fingerprint density at radius 1 is 1.00 bits per heavy atom. The van der Waals surface area contributed by atoms with Crippen molar-refractivity contribution in [3.63, 3.8) is 0 Å². The van der Waals surface area contributed by atoms with Crippen molar-refractivity contribution >= 4 is 27.9 Å². The van der Waals surface area contributed by atoms with Gasteiger partial charge in [-0.1, -0.05) is 48.0 Å². The SMILES string of the molecule is Cc1ccc(S(=O)(=O)c2nc(C=Cc3ccccc3)oc2NC(C)C)cc1. The van der Waals surface area contributed by atoms with Crippen molar-refractivity contribution in [2.75, 3.05) is 5.32 Å². The van der Waals surface area contributed by atoms with Gasteiger partial charge in [0.1, 0.15) is 0 Å². The maximum atomic E-state index is 13.0. The third-order valence-electron chi connectivity index (χ3n) is 3.84. The van der Waals surface area contributed by atoms with Crippen LogP contribution in [0.25, 0.3) is 12.2 Å². The average molecular weight is 382 g/mol. The van der Waals surface area contributed by atoms with Gasteiger partial charge in [0.15, 0.2) is 0 Å². The Morgan fingerprint density at radius 3 is 2.30 bits per heavy atom. The molecule has 3 rings (SSSR count). The van der Waals surface area contributed by atoms with Crippen LogP contribution in [0.4, 0.5) is 5.88 Å². The number of nitrogens with zero attached hydrogens (tertiary/aromatic N) is 1. The Balaban J connectivity index is 2.01. The zero-order chi connectivity index (χ0) is 19.4. The fourth-order valence-electron chi connectivity index (χ4n) is 2.49. The van der Waals surface area contributed by atoms with Gasteiger partial charge in [-0.25, -0.2) is 8.42 Å². The summed E-state index contributed by atoms with van der Waals surface area (Å²) in [6.45, 7) is 5.72. The van der Waals surface area contributed by atoms with Crippen LogP contribution in [0.15, 0.2) is 68.9 Å². The molecule has 0 amide bonds. The van der Waals surface area contributed by atoms with Gasteiger partial charge >= 0.3 is 0 Å². The highest BCUT2D eigenvalue weighted by Gasteiger charge is 2.27. The summed E-state index contributed by atoms with van der Waals surface area (Å²) in [5, 5.41) is 2.93. The highest BCUT2D eigenvalue weighted by molar-refractivity contribution is 7.91. The molecule has 3 aromatic rings. The largest absolute Gasteiger partial charge is 0.420 e. The molecule has 6 heteroatoms. The second-order valence-electron chi connectivity index (χ2n) is 6.55. The first-order chi connectivity index (χ1) is 12.9. The molecule has 0 saturated heterocycles. The number of nitrogens with one attached hydrogen (secondary N) is 1. The summed E-state index contributed by atoms with van der Waals surface area (Å²) in [5.41, 5.74) is 1.96. The molecule has 1 heterocycles. The standard InChI is InChI=1S/C21H22N2O3S/c1-15(2)22-20-21(27(24,25)18-12-9-16(3)10-13-18)23-19(26-20)14-11-17-7-5-4-6-8-17/h4-15,22H,1-3H3. The number of hydrogen-bond donors (Lipinski definition) is 1. The molecule has 5 nitrogen and oxygen atoms in total. The molecular formula is C21H22N2O3S. The lowest BCUT2D eigenvalue weighted by Gasteiger charge is -2.08. The number of benzene rings is 2. The Labute approximate surface area is 159 Å². The van der Waals surface area contributed by atoms with Crippen LogP contribution in [0.2, 0.25) is 0 Å². The minimum absolute atomic E-state index is 0.00382. The predicted molar refractivity (Wildman–Crippen MR) is 107 cm³/mol. The van der Waals surface area contributed by atoms with Crippen LogP contribution in [0, 0.1) is 6.92 Å². The van der Waals surface area contributed by atoms with Crippen molar-refractivity contribution in [2.24, 2.45) is 0 Å². The van der Waals surface area contributed by atoms with Gasteiger partial charge in [-0.05, 0) is 44.5 Å². The number of sulfone groups is 1. The van der Waals surface area contributed by atoms with Gasteiger partial charge in [-0.15, -0.1) is 0 Å². The summed E-state index contributed by atoms with van der Waals surface area (Å²) >= 11 is 0. The van der Waals surface area contributed by atoms with Crippen molar-refractivity contribution in [1.82, 2.24) is 4.98 Å². The summed E-state index contributed by atoms with van der Waals surface area (Å²) in [7, 11) is -3.80. The van der Waals surface area contributed by atoms with Crippen LogP contribution >= 0.6 is 0 Å². The van der Waals surface area contributed by atoms with E-state index in [-0.39, 0.29) is 27.7 Å². The molecule has 0 aliphatic rings. The molecule has 140 valence electrons. The quantitative estimate of drug-likeness (QED) is 0.662. The molecule has 1 N–H and O–H groups in total. The average Bonchev–Trinajstić information content (AvgIpc) is 3.04. The summed E-state index contributed by atoms with van der Waals surface area (Å²) < 4.78 is 31.8. The lowest BCUT2D eigenvalue weighted by Crippen LogP contribution is -2.13. The summed E-state index contributed by atoms with van der Waals surface area (Å²) in [6.07, 6.45) is 3.49. The third kappa shape index (κ3) is 4.46. The molecule has 0 radical (unpaired) electrons. The molecule has 1 aromatic heterocycles. The maximum absolute atomic E-state index is 13.0. The topological polar surface area (TPSA) is 72.2 Å². The van der Waals surface area contributed by atoms with Gasteiger partial charge in [0, 0.05) is 12.1 Å². The van der Waals surface area contributed by atoms with Crippen molar-refractivity contribution in [1.29, 1.82) is 0 Å². The Morgan fingerprint density at radius 2 is 1.67 bits per heavy atom. The van der Waals surface area contributed by atoms with E-state index in [1.165, 1.54) is 0 Å². The van der Waals surface area contributed by atoms with E-state index < -0.39 is 9.84 Å². The maximum Gasteiger partial charge on any atom is 0.234 e. The summed E-state index contributed by atoms with van der Waals surface area (Å²) in [6, 6.07) is 16.3. The molecular weight excluding hydrogens is 360 g/mol. The van der Waals surface area contributed by atoms with E-state index in [1.807, 2.05) is 57.2 Å². The molecule has 0 atom stereocenters. The smallest absolute Gasteiger partial charge is 0.234 e. The van der Waals surface area contributed by atoms with Crippen LogP contribution in [-0.2, 0) is 9.84 Å². The zero-order valence-electron chi connectivity index (χ0n) is 15.5. The van der Waals surface area contributed by atoms with Gasteiger partial charge < -0.3 is 9.73 Å². The lowest BCUT2D eigenvalue weighted by molar-refractivity contribution is 0.550. The molecule has 27 heavy (non-hydrogen) atoms. The van der Waals surface area contributed by atoms with Crippen molar-refractivity contribution in [2.45, 2.75) is 36.7 Å². The number of anilines is 1. The van der Waals surface area contributed by atoms with Crippen LogP contribution in [-0.4, -0.2) is 19.4 Å². The molecule has 0 bridgehead atoms. The summed E-state index contributed by atoms with van der Waals surface area (Å²) in [4.78, 5) is 4.43. The normalized spacial score (nSPS) is 12.0. The summed E-state index contributed by atoms with van der Waals surface area (Å²) in [5.74, 6) is 0.381. The second kappa shape index (κ2) is 7.80. The molecule has 2 aromatic carbocycles. The molecule has 0 saturated carbocycles. The number of hydrogen-bond acceptors (Lipinski definition) is 5. The van der Waals surface area contributed by atoms with Crippen LogP contribution in [0.1, 0.15) is 30.9 Å². The van der Waals surface area contributed by atoms with Gasteiger partial charge in [0.2, 0.25) is 26.6 Å². The molecule has 0 fully saturated rings. The Hall–Kier alpha value is -2.86. The highest BCUT2D eigenvalue weighted by Crippen LogP contribution is 2.29. The van der Waals surface area contributed by atoms with Crippen molar-refractivity contribution in [3.05, 3.63) is 71.6 Å². The monoisotopic (exact) mass is 382 g/mol. The molecule has 0 aliphatic heterocycles. The van der Waals surface area contributed by atoms with Crippen molar-refractivity contribution in [3.8, 4) is 0 Å². The van der Waals surface area contributed by atoms with Crippen LogP contribution < -0.4 is 5.32 Å². The molecule has 0 spiro atoms. The van der Waals surface area contributed by atoms with Crippen LogP contribution in [0.5, 0.6) is 0 Å². The predicted octanol–water partition coefficient (Wildman–Crippen LogP) is 4.81. The van der Waals surface area contributed by atoms with E-state index in [1.54, 1.807) is 30.3 Å². The van der Waals surface area contributed by atoms with E-state index in [0.29, 0.717) is 0 Å². The lowest BCUT2D eigenvalue weighted by atomic mass is 10.2. The number of oxazole rings is 1. The Bertz CT molecular complexity index is 1030. The van der Waals surface area contributed by atoms with Crippen molar-refractivity contribution < 1.29 is 12.8 Å². The minimum atomic E-state index is -3.80. The first-order valence-electron chi connectivity index (χ1n) is 8.68. The number of aromatic nitrogens is 1. The van der Waals surface area contributed by atoms with Gasteiger partial charge in [0.05, 0.1) is 4.90 Å². The third-order valence-corrected chi connectivity index (χ3v) is 5.51. The first-order valence-corrected chi connectivity index (χ1v) is 10.2. The molecule has 0 unspecified atom stereocenters. The van der Waals surface area contributed by atoms with Gasteiger partial charge in [-0.3, -0.25) is 0 Å². The fraction of sp³-hybridized carbons (Fsp3) is 0.190. The fourth-order valence-corrected chi connectivity index (χ4v) is 3.76. The van der Waals surface area contributed by atoms with E-state index in [2.05, 4.69) is 10.3 Å². The Kier molecular flexibility index (Phi) is 5.46. The van der Waals surface area contributed by atoms with E-state index in [4.69, 9.17) is 4.42 Å². The number of aryl methyl sites for hydroxylation is 1. The second-order valence-corrected chi connectivity index (χ2v) is 8.41. The van der Waals surface area contributed by atoms with Gasteiger partial charge in [-0.2, -0.15) is 4.98 Å². The van der Waals surface area contributed by atoms with E-state index in [9.17, 15) is 8.42 Å². The first kappa shape index (κ1) is 18.9. The highest BCUT2D eigenvalue weighted by atomic mass is 32.2. The minimum Gasteiger partial charge on any atom is -0.420 e.